The highest BCUT2D eigenvalue weighted by Crippen LogP contribution is 2.26. The summed E-state index contributed by atoms with van der Waals surface area (Å²) in [6.45, 7) is 8.24. The normalized spacial score (nSPS) is 15.5. The maximum absolute atomic E-state index is 12.2. The average Bonchev–Trinajstić information content (AvgIpc) is 2.86. The predicted octanol–water partition coefficient (Wildman–Crippen LogP) is 2.40. The molecule has 6 heteroatoms. The fraction of sp³-hybridized carbons (Fsp3) is 0.647. The Kier molecular flexibility index (Phi) is 6.07. The molecular formula is C17H27N3O3. The molecule has 23 heavy (non-hydrogen) atoms. The summed E-state index contributed by atoms with van der Waals surface area (Å²) in [6.07, 6.45) is 1.82. The molecule has 2 rings (SSSR count). The maximum atomic E-state index is 12.2. The van der Waals surface area contributed by atoms with Crippen LogP contribution in [0.4, 0.5) is 4.79 Å². The quantitative estimate of drug-likeness (QED) is 0.906. The highest BCUT2D eigenvalue weighted by atomic mass is 16.5. The number of carbonyl (C=O) groups excluding carboxylic acids is 2. The number of aromatic nitrogens is 1. The topological polar surface area (TPSA) is 63.6 Å². The largest absolute Gasteiger partial charge is 0.450 e. The summed E-state index contributed by atoms with van der Waals surface area (Å²) in [5.41, 5.74) is 2.57. The number of carbonyl (C=O) groups is 2. The Morgan fingerprint density at radius 2 is 1.83 bits per heavy atom. The molecular weight excluding hydrogens is 294 g/mol. The molecule has 0 radical (unpaired) electrons. The summed E-state index contributed by atoms with van der Waals surface area (Å²) in [6, 6.07) is 4.77. The molecule has 1 aliphatic rings. The van der Waals surface area contributed by atoms with E-state index in [2.05, 4.69) is 35.9 Å². The van der Waals surface area contributed by atoms with Crippen LogP contribution in [0.3, 0.4) is 0 Å². The number of aryl methyl sites for hydroxylation is 2. The number of piperidine rings is 1. The molecule has 1 aromatic rings. The van der Waals surface area contributed by atoms with Gasteiger partial charge in [0.2, 0.25) is 5.91 Å². The average molecular weight is 321 g/mol. The molecule has 0 saturated carbocycles. The van der Waals surface area contributed by atoms with E-state index in [0.717, 1.165) is 25.9 Å². The van der Waals surface area contributed by atoms with Crippen molar-refractivity contribution in [3.8, 4) is 0 Å². The van der Waals surface area contributed by atoms with Crippen LogP contribution >= 0.6 is 0 Å². The Morgan fingerprint density at radius 1 is 1.22 bits per heavy atom. The molecule has 6 nitrogen and oxygen atoms in total. The molecule has 0 unspecified atom stereocenters. The van der Waals surface area contributed by atoms with Gasteiger partial charge in [0.25, 0.3) is 0 Å². The van der Waals surface area contributed by atoms with Gasteiger partial charge < -0.3 is 19.5 Å². The Balaban J connectivity index is 1.76. The zero-order valence-electron chi connectivity index (χ0n) is 14.3. The van der Waals surface area contributed by atoms with Gasteiger partial charge in [-0.1, -0.05) is 0 Å². The van der Waals surface area contributed by atoms with Gasteiger partial charge in [-0.05, 0) is 45.7 Å². The van der Waals surface area contributed by atoms with Crippen molar-refractivity contribution in [1.82, 2.24) is 14.8 Å². The second kappa shape index (κ2) is 8.04. The van der Waals surface area contributed by atoms with Crippen molar-refractivity contribution >= 4 is 12.0 Å². The molecule has 1 fully saturated rings. The summed E-state index contributed by atoms with van der Waals surface area (Å²) in [5, 5.41) is 2.59. The zero-order valence-corrected chi connectivity index (χ0v) is 14.3. The molecule has 1 saturated heterocycles. The lowest BCUT2D eigenvalue weighted by Gasteiger charge is -2.34. The Hall–Kier alpha value is -1.98. The van der Waals surface area contributed by atoms with Crippen LogP contribution in [0.15, 0.2) is 12.1 Å². The van der Waals surface area contributed by atoms with Crippen molar-refractivity contribution in [3.05, 3.63) is 23.5 Å². The molecule has 0 bridgehead atoms. The summed E-state index contributed by atoms with van der Waals surface area (Å²) < 4.78 is 7.15. The van der Waals surface area contributed by atoms with E-state index in [1.165, 1.54) is 11.4 Å². The van der Waals surface area contributed by atoms with Gasteiger partial charge in [-0.2, -0.15) is 0 Å². The van der Waals surface area contributed by atoms with Gasteiger partial charge in [0.1, 0.15) is 0 Å². The second-order valence-corrected chi connectivity index (χ2v) is 6.00. The van der Waals surface area contributed by atoms with E-state index in [1.54, 1.807) is 6.92 Å². The lowest BCUT2D eigenvalue weighted by molar-refractivity contribution is -0.132. The van der Waals surface area contributed by atoms with Gasteiger partial charge in [0, 0.05) is 43.5 Å². The van der Waals surface area contributed by atoms with Crippen LogP contribution in [-0.2, 0) is 9.53 Å². The third-order valence-electron chi connectivity index (χ3n) is 4.39. The van der Waals surface area contributed by atoms with Gasteiger partial charge in [-0.25, -0.2) is 4.79 Å². The maximum Gasteiger partial charge on any atom is 0.407 e. The van der Waals surface area contributed by atoms with Crippen molar-refractivity contribution < 1.29 is 14.3 Å². The molecule has 0 aromatic carbocycles. The zero-order chi connectivity index (χ0) is 16.8. The van der Waals surface area contributed by atoms with E-state index in [1.807, 2.05) is 4.90 Å². The number of nitrogens with one attached hydrogen (secondary N) is 1. The summed E-state index contributed by atoms with van der Waals surface area (Å²) in [5.74, 6) is 0.0983. The molecule has 0 atom stereocenters. The number of rotatable bonds is 5. The minimum atomic E-state index is -0.461. The van der Waals surface area contributed by atoms with Crippen LogP contribution in [0.2, 0.25) is 0 Å². The van der Waals surface area contributed by atoms with E-state index < -0.39 is 6.09 Å². The van der Waals surface area contributed by atoms with Gasteiger partial charge in [-0.15, -0.1) is 0 Å². The Labute approximate surface area is 137 Å². The van der Waals surface area contributed by atoms with Crippen molar-refractivity contribution in [2.45, 2.75) is 46.1 Å². The highest BCUT2D eigenvalue weighted by Gasteiger charge is 2.24. The van der Waals surface area contributed by atoms with E-state index in [4.69, 9.17) is 4.74 Å². The van der Waals surface area contributed by atoms with Crippen LogP contribution in [0.1, 0.15) is 43.6 Å². The minimum absolute atomic E-state index is 0.0983. The van der Waals surface area contributed by atoms with Gasteiger partial charge in [0.15, 0.2) is 0 Å². The summed E-state index contributed by atoms with van der Waals surface area (Å²) in [7, 11) is 0. The van der Waals surface area contributed by atoms with E-state index in [0.29, 0.717) is 25.6 Å². The SMILES string of the molecule is CCOC(=O)NCCC(=O)N1CCC(n2c(C)ccc2C)CC1. The third kappa shape index (κ3) is 4.50. The van der Waals surface area contributed by atoms with Crippen molar-refractivity contribution in [2.75, 3.05) is 26.2 Å². The fourth-order valence-electron chi connectivity index (χ4n) is 3.24. The molecule has 2 heterocycles. The van der Waals surface area contributed by atoms with E-state index >= 15 is 0 Å². The standard InChI is InChI=1S/C17H27N3O3/c1-4-23-17(22)18-10-7-16(21)19-11-8-15(9-12-19)20-13(2)5-6-14(20)3/h5-6,15H,4,7-12H2,1-3H3,(H,18,22). The first-order chi connectivity index (χ1) is 11.0. The van der Waals surface area contributed by atoms with Crippen molar-refractivity contribution in [2.24, 2.45) is 0 Å². The van der Waals surface area contributed by atoms with E-state index in [-0.39, 0.29) is 5.91 Å². The minimum Gasteiger partial charge on any atom is -0.450 e. The molecule has 2 amide bonds. The number of nitrogens with zero attached hydrogens (tertiary/aromatic N) is 2. The van der Waals surface area contributed by atoms with Crippen LogP contribution in [0, 0.1) is 13.8 Å². The first-order valence-electron chi connectivity index (χ1n) is 8.35. The number of amides is 2. The number of hydrogen-bond acceptors (Lipinski definition) is 3. The first-order valence-corrected chi connectivity index (χ1v) is 8.35. The number of alkyl carbamates (subject to hydrolysis) is 1. The predicted molar refractivity (Wildman–Crippen MR) is 88.4 cm³/mol. The molecule has 0 spiro atoms. The highest BCUT2D eigenvalue weighted by molar-refractivity contribution is 5.77. The van der Waals surface area contributed by atoms with Crippen LogP contribution in [0.25, 0.3) is 0 Å². The van der Waals surface area contributed by atoms with Crippen LogP contribution in [-0.4, -0.2) is 47.7 Å². The van der Waals surface area contributed by atoms with E-state index in [9.17, 15) is 9.59 Å². The second-order valence-electron chi connectivity index (χ2n) is 6.00. The van der Waals surface area contributed by atoms with Crippen LogP contribution < -0.4 is 5.32 Å². The fourth-order valence-corrected chi connectivity index (χ4v) is 3.24. The number of hydrogen-bond donors (Lipinski definition) is 1. The van der Waals surface area contributed by atoms with Crippen LogP contribution in [0.5, 0.6) is 0 Å². The lowest BCUT2D eigenvalue weighted by atomic mass is 10.0. The number of ether oxygens (including phenoxy) is 1. The third-order valence-corrected chi connectivity index (χ3v) is 4.39. The van der Waals surface area contributed by atoms with Crippen molar-refractivity contribution in [1.29, 1.82) is 0 Å². The first kappa shape index (κ1) is 17.4. The summed E-state index contributed by atoms with van der Waals surface area (Å²) in [4.78, 5) is 25.3. The van der Waals surface area contributed by atoms with Gasteiger partial charge in [-0.3, -0.25) is 4.79 Å². The molecule has 0 aliphatic carbocycles. The molecule has 1 aliphatic heterocycles. The smallest absolute Gasteiger partial charge is 0.407 e. The molecule has 128 valence electrons. The summed E-state index contributed by atoms with van der Waals surface area (Å²) >= 11 is 0. The Morgan fingerprint density at radius 3 is 2.39 bits per heavy atom. The Bertz CT molecular complexity index is 526. The van der Waals surface area contributed by atoms with Crippen molar-refractivity contribution in [3.63, 3.8) is 0 Å². The lowest BCUT2D eigenvalue weighted by Crippen LogP contribution is -2.40. The molecule has 1 N–H and O–H groups in total. The number of likely N-dealkylation sites (tertiary alicyclic amines) is 1. The van der Waals surface area contributed by atoms with Gasteiger partial charge in [0.05, 0.1) is 6.61 Å². The van der Waals surface area contributed by atoms with Gasteiger partial charge >= 0.3 is 6.09 Å². The monoisotopic (exact) mass is 321 g/mol. The molecule has 1 aromatic heterocycles.